The Morgan fingerprint density at radius 2 is 2.12 bits per heavy atom. The van der Waals surface area contributed by atoms with Crippen LogP contribution in [0.15, 0.2) is 23.3 Å². The Bertz CT molecular complexity index is 648. The zero-order valence-electron chi connectivity index (χ0n) is 15.8. The second kappa shape index (κ2) is 7.50. The first-order valence-electron chi connectivity index (χ1n) is 8.79. The highest BCUT2D eigenvalue weighted by atomic mass is 19.1. The standard InChI is InChI=1S/C19H28FN3O2/c1-6-15(21-5)23(17(24)25-18(2,3)4)13-19(10-8-11-19)16-14(20)9-7-12-22-16/h7,9,12H,6,8,10-11,13H2,1-5H3. The first-order valence-corrected chi connectivity index (χ1v) is 8.79. The van der Waals surface area contributed by atoms with Gasteiger partial charge in [0.15, 0.2) is 0 Å². The maximum absolute atomic E-state index is 14.4. The molecule has 1 heterocycles. The lowest BCUT2D eigenvalue weighted by molar-refractivity contribution is 0.0296. The summed E-state index contributed by atoms with van der Waals surface area (Å²) in [7, 11) is 1.66. The number of nitrogens with zero attached hydrogens (tertiary/aromatic N) is 3. The van der Waals surface area contributed by atoms with E-state index in [1.54, 1.807) is 24.2 Å². The molecule has 0 radical (unpaired) electrons. The number of aliphatic imine (C=N–C) groups is 1. The van der Waals surface area contributed by atoms with E-state index in [0.717, 1.165) is 19.3 Å². The molecule has 0 N–H and O–H groups in total. The number of carbonyl (C=O) groups excluding carboxylic acids is 1. The van der Waals surface area contributed by atoms with E-state index in [-0.39, 0.29) is 5.82 Å². The van der Waals surface area contributed by atoms with E-state index in [1.807, 2.05) is 27.7 Å². The van der Waals surface area contributed by atoms with Gasteiger partial charge >= 0.3 is 6.09 Å². The van der Waals surface area contributed by atoms with Gasteiger partial charge in [0.1, 0.15) is 17.3 Å². The quantitative estimate of drug-likeness (QED) is 0.601. The van der Waals surface area contributed by atoms with Gasteiger partial charge in [-0.2, -0.15) is 0 Å². The number of hydrogen-bond donors (Lipinski definition) is 0. The minimum Gasteiger partial charge on any atom is -0.443 e. The maximum Gasteiger partial charge on any atom is 0.415 e. The van der Waals surface area contributed by atoms with Crippen molar-refractivity contribution in [3.05, 3.63) is 29.8 Å². The van der Waals surface area contributed by atoms with E-state index in [4.69, 9.17) is 4.74 Å². The molecular formula is C19H28FN3O2. The van der Waals surface area contributed by atoms with E-state index in [9.17, 15) is 9.18 Å². The number of amides is 1. The normalized spacial score (nSPS) is 17.0. The fourth-order valence-electron chi connectivity index (χ4n) is 3.20. The molecule has 0 atom stereocenters. The highest BCUT2D eigenvalue weighted by Crippen LogP contribution is 2.44. The third kappa shape index (κ3) is 4.35. The van der Waals surface area contributed by atoms with Crippen molar-refractivity contribution in [1.29, 1.82) is 0 Å². The number of aromatic nitrogens is 1. The van der Waals surface area contributed by atoms with E-state index in [0.29, 0.717) is 24.5 Å². The molecule has 1 amide bonds. The van der Waals surface area contributed by atoms with E-state index in [2.05, 4.69) is 9.98 Å². The van der Waals surface area contributed by atoms with Gasteiger partial charge in [0, 0.05) is 31.6 Å². The lowest BCUT2D eigenvalue weighted by Gasteiger charge is -2.44. The summed E-state index contributed by atoms with van der Waals surface area (Å²) in [6.45, 7) is 7.75. The highest BCUT2D eigenvalue weighted by Gasteiger charge is 2.45. The zero-order chi connectivity index (χ0) is 18.7. The van der Waals surface area contributed by atoms with Gasteiger partial charge in [-0.25, -0.2) is 9.18 Å². The monoisotopic (exact) mass is 349 g/mol. The molecule has 0 saturated heterocycles. The molecule has 5 nitrogen and oxygen atoms in total. The number of amidine groups is 1. The predicted molar refractivity (Wildman–Crippen MR) is 96.3 cm³/mol. The van der Waals surface area contributed by atoms with Gasteiger partial charge in [0.2, 0.25) is 0 Å². The Labute approximate surface area is 149 Å². The van der Waals surface area contributed by atoms with E-state index < -0.39 is 17.1 Å². The Morgan fingerprint density at radius 3 is 2.56 bits per heavy atom. The fraction of sp³-hybridized carbons (Fsp3) is 0.632. The molecule has 25 heavy (non-hydrogen) atoms. The van der Waals surface area contributed by atoms with Gasteiger partial charge in [-0.05, 0) is 45.7 Å². The molecule has 2 rings (SSSR count). The summed E-state index contributed by atoms with van der Waals surface area (Å²) >= 11 is 0. The van der Waals surface area contributed by atoms with Crippen LogP contribution in [0.1, 0.15) is 59.1 Å². The molecule has 1 fully saturated rings. The minimum atomic E-state index is -0.606. The molecule has 0 spiro atoms. The average molecular weight is 349 g/mol. The summed E-state index contributed by atoms with van der Waals surface area (Å²) in [4.78, 5) is 22.8. The maximum atomic E-state index is 14.4. The lowest BCUT2D eigenvalue weighted by atomic mass is 9.66. The summed E-state index contributed by atoms with van der Waals surface area (Å²) in [5.41, 5.74) is -0.653. The van der Waals surface area contributed by atoms with Gasteiger partial charge in [0.05, 0.1) is 5.69 Å². The Morgan fingerprint density at radius 1 is 1.44 bits per heavy atom. The molecule has 0 unspecified atom stereocenters. The zero-order valence-corrected chi connectivity index (χ0v) is 15.8. The smallest absolute Gasteiger partial charge is 0.415 e. The van der Waals surface area contributed by atoms with Crippen molar-refractivity contribution in [2.24, 2.45) is 4.99 Å². The number of rotatable bonds is 4. The molecule has 138 valence electrons. The number of carbonyl (C=O) groups is 1. The van der Waals surface area contributed by atoms with Crippen LogP contribution in [0.2, 0.25) is 0 Å². The van der Waals surface area contributed by atoms with Gasteiger partial charge in [-0.1, -0.05) is 13.3 Å². The number of pyridine rings is 1. The molecule has 0 aromatic carbocycles. The molecule has 1 aliphatic carbocycles. The topological polar surface area (TPSA) is 54.8 Å². The molecular weight excluding hydrogens is 321 g/mol. The summed E-state index contributed by atoms with van der Waals surface area (Å²) in [5.74, 6) is 0.315. The van der Waals surface area contributed by atoms with Crippen LogP contribution in [0.4, 0.5) is 9.18 Å². The Kier molecular flexibility index (Phi) is 5.80. The van der Waals surface area contributed by atoms with Crippen molar-refractivity contribution in [3.8, 4) is 0 Å². The average Bonchev–Trinajstić information content (AvgIpc) is 2.49. The number of ether oxygens (including phenoxy) is 1. The molecule has 0 aliphatic heterocycles. The SMILES string of the molecule is CCC(=NC)N(CC1(c2ncccc2F)CCC1)C(=O)OC(C)(C)C. The number of halogens is 1. The van der Waals surface area contributed by atoms with Crippen LogP contribution in [0.25, 0.3) is 0 Å². The second-order valence-corrected chi connectivity index (χ2v) is 7.53. The first-order chi connectivity index (χ1) is 11.7. The molecule has 0 bridgehead atoms. The van der Waals surface area contributed by atoms with E-state index >= 15 is 0 Å². The summed E-state index contributed by atoms with van der Waals surface area (Å²) in [6, 6.07) is 3.01. The van der Waals surface area contributed by atoms with Crippen molar-refractivity contribution in [2.75, 3.05) is 13.6 Å². The fourth-order valence-corrected chi connectivity index (χ4v) is 3.20. The molecule has 1 saturated carbocycles. The van der Waals surface area contributed by atoms with Gasteiger partial charge < -0.3 is 4.74 Å². The van der Waals surface area contributed by atoms with E-state index in [1.165, 1.54) is 6.07 Å². The van der Waals surface area contributed by atoms with Crippen LogP contribution in [0, 0.1) is 5.82 Å². The van der Waals surface area contributed by atoms with Crippen molar-refractivity contribution < 1.29 is 13.9 Å². The minimum absolute atomic E-state index is 0.321. The molecule has 6 heteroatoms. The van der Waals surface area contributed by atoms with Crippen LogP contribution < -0.4 is 0 Å². The molecule has 1 aliphatic rings. The number of hydrogen-bond acceptors (Lipinski definition) is 4. The first kappa shape index (κ1) is 19.3. The van der Waals surface area contributed by atoms with Crippen LogP contribution >= 0.6 is 0 Å². The summed E-state index contributed by atoms with van der Waals surface area (Å²) in [5, 5.41) is 0. The summed E-state index contributed by atoms with van der Waals surface area (Å²) < 4.78 is 19.9. The van der Waals surface area contributed by atoms with Crippen molar-refractivity contribution >= 4 is 11.9 Å². The summed E-state index contributed by atoms with van der Waals surface area (Å²) in [6.07, 6.45) is 4.32. The van der Waals surface area contributed by atoms with Crippen LogP contribution in [0.3, 0.4) is 0 Å². The third-order valence-electron chi connectivity index (χ3n) is 4.53. The molecule has 1 aromatic rings. The van der Waals surface area contributed by atoms with Crippen molar-refractivity contribution in [1.82, 2.24) is 9.88 Å². The van der Waals surface area contributed by atoms with Crippen LogP contribution in [0.5, 0.6) is 0 Å². The predicted octanol–water partition coefficient (Wildman–Crippen LogP) is 4.32. The van der Waals surface area contributed by atoms with Crippen molar-refractivity contribution in [3.63, 3.8) is 0 Å². The Balaban J connectivity index is 2.35. The van der Waals surface area contributed by atoms with Crippen LogP contribution in [-0.4, -0.2) is 41.0 Å². The largest absolute Gasteiger partial charge is 0.443 e. The Hall–Kier alpha value is -1.98. The lowest BCUT2D eigenvalue weighted by Crippen LogP contribution is -2.51. The van der Waals surface area contributed by atoms with Crippen molar-refractivity contribution in [2.45, 2.75) is 64.4 Å². The second-order valence-electron chi connectivity index (χ2n) is 7.53. The third-order valence-corrected chi connectivity index (χ3v) is 4.53. The van der Waals surface area contributed by atoms with Gasteiger partial charge in [-0.15, -0.1) is 0 Å². The van der Waals surface area contributed by atoms with Gasteiger partial charge in [-0.3, -0.25) is 14.9 Å². The van der Waals surface area contributed by atoms with Gasteiger partial charge in [0.25, 0.3) is 0 Å². The highest BCUT2D eigenvalue weighted by molar-refractivity contribution is 5.95. The van der Waals surface area contributed by atoms with Crippen LogP contribution in [-0.2, 0) is 10.2 Å². The molecule has 1 aromatic heterocycles.